The summed E-state index contributed by atoms with van der Waals surface area (Å²) < 4.78 is 28.1. The Morgan fingerprint density at radius 3 is 2.71 bits per heavy atom. The monoisotopic (exact) mass is 401 g/mol. The Morgan fingerprint density at radius 2 is 2.00 bits per heavy atom. The second kappa shape index (κ2) is 7.07. The Balaban J connectivity index is 1.76. The number of benzene rings is 1. The molecule has 5 unspecified atom stereocenters. The first-order chi connectivity index (χ1) is 13.2. The van der Waals surface area contributed by atoms with Crippen molar-refractivity contribution in [1.29, 1.82) is 0 Å². The van der Waals surface area contributed by atoms with Gasteiger partial charge in [-0.2, -0.15) is 13.6 Å². The Labute approximate surface area is 169 Å². The van der Waals surface area contributed by atoms with Crippen LogP contribution in [0.3, 0.4) is 0 Å². The maximum Gasteiger partial charge on any atom is 0.380 e. The average molecular weight is 402 g/mol. The lowest BCUT2D eigenvalue weighted by Crippen LogP contribution is -2.34. The largest absolute Gasteiger partial charge is 0.380 e. The SMILES string of the molecule is CC#Cc1cc2c(cc1OS(N)(=O)=O)CCC1C2CCCC2(C)C(C)CCC12. The molecule has 0 heterocycles. The standard InChI is InChI=1S/C23H31NO3S/c1-4-6-17-13-20-16(14-22(17)27-28(24,25)26)9-10-19-18(20)7-5-12-23(3)15(2)8-11-21(19)23/h13-15,18-19,21H,5,7-12H2,1-3H3,(H2,24,25,26). The molecule has 0 aromatic heterocycles. The smallest absolute Gasteiger partial charge is 0.370 e. The van der Waals surface area contributed by atoms with E-state index in [9.17, 15) is 8.42 Å². The summed E-state index contributed by atoms with van der Waals surface area (Å²) >= 11 is 0. The van der Waals surface area contributed by atoms with E-state index in [0.29, 0.717) is 16.9 Å². The van der Waals surface area contributed by atoms with E-state index in [0.717, 1.165) is 24.2 Å². The molecule has 5 heteroatoms. The fraction of sp³-hybridized carbons (Fsp3) is 0.652. The quantitative estimate of drug-likeness (QED) is 0.741. The maximum atomic E-state index is 11.5. The van der Waals surface area contributed by atoms with Crippen molar-refractivity contribution in [2.75, 3.05) is 0 Å². The summed E-state index contributed by atoms with van der Waals surface area (Å²) in [4.78, 5) is 0. The highest BCUT2D eigenvalue weighted by molar-refractivity contribution is 7.84. The van der Waals surface area contributed by atoms with E-state index >= 15 is 0 Å². The van der Waals surface area contributed by atoms with Crippen LogP contribution in [0.5, 0.6) is 5.75 Å². The maximum absolute atomic E-state index is 11.5. The zero-order chi connectivity index (χ0) is 20.1. The molecule has 2 saturated carbocycles. The predicted molar refractivity (Wildman–Crippen MR) is 111 cm³/mol. The first kappa shape index (κ1) is 19.8. The van der Waals surface area contributed by atoms with E-state index in [1.807, 2.05) is 6.07 Å². The molecule has 0 bridgehead atoms. The van der Waals surface area contributed by atoms with Gasteiger partial charge < -0.3 is 4.18 Å². The van der Waals surface area contributed by atoms with Crippen molar-refractivity contribution in [3.05, 3.63) is 28.8 Å². The lowest BCUT2D eigenvalue weighted by molar-refractivity contribution is 0.103. The minimum Gasteiger partial charge on any atom is -0.370 e. The van der Waals surface area contributed by atoms with Gasteiger partial charge in [0.15, 0.2) is 5.75 Å². The highest BCUT2D eigenvalue weighted by Crippen LogP contribution is 2.61. The van der Waals surface area contributed by atoms with E-state index in [4.69, 9.17) is 9.32 Å². The van der Waals surface area contributed by atoms with Crippen LogP contribution in [0.15, 0.2) is 12.1 Å². The summed E-state index contributed by atoms with van der Waals surface area (Å²) in [7, 11) is -4.07. The number of nitrogens with two attached hydrogens (primary N) is 1. The van der Waals surface area contributed by atoms with Gasteiger partial charge in [0.2, 0.25) is 0 Å². The minimum absolute atomic E-state index is 0.266. The van der Waals surface area contributed by atoms with Crippen molar-refractivity contribution < 1.29 is 12.6 Å². The van der Waals surface area contributed by atoms with Crippen LogP contribution < -0.4 is 9.32 Å². The molecular formula is C23H31NO3S. The lowest BCUT2D eigenvalue weighted by Gasteiger charge is -2.42. The average Bonchev–Trinajstić information content (AvgIpc) is 2.81. The molecule has 3 aliphatic carbocycles. The fourth-order valence-electron chi connectivity index (χ4n) is 6.52. The van der Waals surface area contributed by atoms with Crippen molar-refractivity contribution in [2.45, 2.75) is 71.6 Å². The van der Waals surface area contributed by atoms with Gasteiger partial charge in [0.25, 0.3) is 0 Å². The highest BCUT2D eigenvalue weighted by Gasteiger charge is 2.51. The van der Waals surface area contributed by atoms with Gasteiger partial charge >= 0.3 is 10.3 Å². The Morgan fingerprint density at radius 1 is 1.21 bits per heavy atom. The van der Waals surface area contributed by atoms with Crippen LogP contribution in [-0.2, 0) is 16.7 Å². The number of rotatable bonds is 2. The fourth-order valence-corrected chi connectivity index (χ4v) is 6.91. The lowest BCUT2D eigenvalue weighted by atomic mass is 9.62. The van der Waals surface area contributed by atoms with Gasteiger partial charge in [-0.05, 0) is 97.8 Å². The van der Waals surface area contributed by atoms with Gasteiger partial charge in [0.05, 0.1) is 5.56 Å². The van der Waals surface area contributed by atoms with Crippen molar-refractivity contribution in [3.8, 4) is 17.6 Å². The summed E-state index contributed by atoms with van der Waals surface area (Å²) in [6.07, 6.45) is 8.66. The molecule has 1 aromatic rings. The van der Waals surface area contributed by atoms with E-state index in [-0.39, 0.29) is 5.75 Å². The normalized spacial score (nSPS) is 34.3. The van der Waals surface area contributed by atoms with Crippen LogP contribution >= 0.6 is 0 Å². The van der Waals surface area contributed by atoms with Crippen LogP contribution in [0.4, 0.5) is 0 Å². The summed E-state index contributed by atoms with van der Waals surface area (Å²) in [5, 5.41) is 5.12. The summed E-state index contributed by atoms with van der Waals surface area (Å²) in [6.45, 7) is 6.73. The molecule has 0 amide bonds. The second-order valence-corrected chi connectivity index (χ2v) is 10.4. The van der Waals surface area contributed by atoms with Gasteiger partial charge in [-0.1, -0.05) is 26.2 Å². The molecule has 5 atom stereocenters. The topological polar surface area (TPSA) is 69.4 Å². The van der Waals surface area contributed by atoms with Crippen LogP contribution in [0, 0.1) is 35.0 Å². The predicted octanol–water partition coefficient (Wildman–Crippen LogP) is 4.52. The van der Waals surface area contributed by atoms with Crippen LogP contribution in [-0.4, -0.2) is 8.42 Å². The van der Waals surface area contributed by atoms with Gasteiger partial charge in [0, 0.05) is 0 Å². The Kier molecular flexibility index (Phi) is 5.00. The molecular weight excluding hydrogens is 370 g/mol. The van der Waals surface area contributed by atoms with Gasteiger partial charge in [0.1, 0.15) is 0 Å². The third-order valence-corrected chi connectivity index (χ3v) is 8.41. The summed E-state index contributed by atoms with van der Waals surface area (Å²) in [5.41, 5.74) is 3.66. The zero-order valence-corrected chi connectivity index (χ0v) is 17.9. The van der Waals surface area contributed by atoms with Crippen LogP contribution in [0.2, 0.25) is 0 Å². The molecule has 0 aliphatic heterocycles. The second-order valence-electron chi connectivity index (χ2n) is 9.29. The number of aryl methyl sites for hydroxylation is 1. The minimum atomic E-state index is -4.07. The molecule has 2 fully saturated rings. The third-order valence-electron chi connectivity index (χ3n) is 8.00. The first-order valence-corrected chi connectivity index (χ1v) is 12.0. The third kappa shape index (κ3) is 3.35. The van der Waals surface area contributed by atoms with Crippen molar-refractivity contribution >= 4 is 10.3 Å². The zero-order valence-electron chi connectivity index (χ0n) is 17.1. The molecule has 2 N–H and O–H groups in total. The molecule has 0 saturated heterocycles. The molecule has 3 aliphatic rings. The molecule has 152 valence electrons. The Bertz CT molecular complexity index is 943. The van der Waals surface area contributed by atoms with Crippen molar-refractivity contribution in [3.63, 3.8) is 0 Å². The van der Waals surface area contributed by atoms with Gasteiger partial charge in [-0.25, -0.2) is 0 Å². The Hall–Kier alpha value is -1.51. The molecule has 0 spiro atoms. The summed E-state index contributed by atoms with van der Waals surface area (Å²) in [6, 6.07) is 3.96. The van der Waals surface area contributed by atoms with Gasteiger partial charge in [-0.3, -0.25) is 0 Å². The van der Waals surface area contributed by atoms with E-state index in [1.54, 1.807) is 6.92 Å². The summed E-state index contributed by atoms with van der Waals surface area (Å²) in [5.74, 6) is 9.04. The molecule has 0 radical (unpaired) electrons. The highest BCUT2D eigenvalue weighted by atomic mass is 32.2. The van der Waals surface area contributed by atoms with E-state index in [1.165, 1.54) is 49.7 Å². The van der Waals surface area contributed by atoms with E-state index < -0.39 is 10.3 Å². The molecule has 1 aromatic carbocycles. The van der Waals surface area contributed by atoms with E-state index in [2.05, 4.69) is 31.8 Å². The number of hydrogen-bond donors (Lipinski definition) is 1. The first-order valence-electron chi connectivity index (χ1n) is 10.5. The number of hydrogen-bond acceptors (Lipinski definition) is 3. The number of fused-ring (bicyclic) bond motifs is 5. The molecule has 4 rings (SSSR count). The van der Waals surface area contributed by atoms with Crippen LogP contribution in [0.25, 0.3) is 0 Å². The molecule has 28 heavy (non-hydrogen) atoms. The van der Waals surface area contributed by atoms with Crippen molar-refractivity contribution in [2.24, 2.45) is 28.3 Å². The van der Waals surface area contributed by atoms with Gasteiger partial charge in [-0.15, -0.1) is 5.92 Å². The van der Waals surface area contributed by atoms with Crippen LogP contribution in [0.1, 0.15) is 81.9 Å². The molecule has 4 nitrogen and oxygen atoms in total. The van der Waals surface area contributed by atoms with Crippen molar-refractivity contribution in [1.82, 2.24) is 0 Å².